The number of nitrogens with one attached hydrogen (secondary N) is 2. The second-order valence-corrected chi connectivity index (χ2v) is 9.49. The minimum atomic E-state index is -0.304. The van der Waals surface area contributed by atoms with E-state index in [-0.39, 0.29) is 30.4 Å². The predicted molar refractivity (Wildman–Crippen MR) is 143 cm³/mol. The number of hydrogen-bond donors (Lipinski definition) is 2. The molecule has 1 fully saturated rings. The number of ether oxygens (including phenoxy) is 1. The first-order valence-electron chi connectivity index (χ1n) is 12.6. The molecule has 0 aliphatic heterocycles. The number of carbonyl (C=O) groups excluding carboxylic acids is 2. The molecule has 1 aliphatic rings. The monoisotopic (exact) mass is 497 g/mol. The first-order valence-corrected chi connectivity index (χ1v) is 12.6. The number of methoxy groups -OCH3 is 1. The number of nitrogens with zero attached hydrogens (tertiary/aromatic N) is 3. The number of anilines is 1. The highest BCUT2D eigenvalue weighted by Crippen LogP contribution is 2.34. The second-order valence-electron chi connectivity index (χ2n) is 9.49. The lowest BCUT2D eigenvalue weighted by Crippen LogP contribution is -2.41. The molecule has 2 atom stereocenters. The molecule has 1 saturated carbocycles. The fraction of sp³-hybridized carbons (Fsp3) is 0.310. The third-order valence-corrected chi connectivity index (χ3v) is 7.01. The molecule has 2 aromatic heterocycles. The molecular formula is C29H31N5O3. The van der Waals surface area contributed by atoms with E-state index in [4.69, 9.17) is 9.72 Å². The molecular weight excluding hydrogens is 466 g/mol. The van der Waals surface area contributed by atoms with Gasteiger partial charge in [0.15, 0.2) is 0 Å². The van der Waals surface area contributed by atoms with Crippen molar-refractivity contribution in [2.45, 2.75) is 37.6 Å². The summed E-state index contributed by atoms with van der Waals surface area (Å²) in [6.45, 7) is -0.0912. The fourth-order valence-corrected chi connectivity index (χ4v) is 5.30. The fourth-order valence-electron chi connectivity index (χ4n) is 5.30. The Morgan fingerprint density at radius 1 is 1.08 bits per heavy atom. The number of pyridine rings is 1. The molecule has 2 aromatic carbocycles. The number of rotatable bonds is 7. The van der Waals surface area contributed by atoms with E-state index in [0.29, 0.717) is 22.6 Å². The van der Waals surface area contributed by atoms with E-state index >= 15 is 0 Å². The normalized spacial score (nSPS) is 17.5. The van der Waals surface area contributed by atoms with Gasteiger partial charge in [-0.1, -0.05) is 43.2 Å². The molecule has 0 saturated heterocycles. The van der Waals surface area contributed by atoms with Crippen LogP contribution in [0, 0.1) is 0 Å². The Hall–Kier alpha value is -4.04. The van der Waals surface area contributed by atoms with E-state index in [9.17, 15) is 9.59 Å². The van der Waals surface area contributed by atoms with Crippen molar-refractivity contribution in [2.24, 2.45) is 7.05 Å². The van der Waals surface area contributed by atoms with Gasteiger partial charge in [0.25, 0.3) is 5.91 Å². The van der Waals surface area contributed by atoms with Crippen LogP contribution < -0.4 is 10.6 Å². The third-order valence-electron chi connectivity index (χ3n) is 7.01. The van der Waals surface area contributed by atoms with Gasteiger partial charge in [-0.2, -0.15) is 0 Å². The van der Waals surface area contributed by atoms with Crippen molar-refractivity contribution in [1.29, 1.82) is 0 Å². The van der Waals surface area contributed by atoms with Gasteiger partial charge in [0, 0.05) is 49.6 Å². The molecule has 8 heteroatoms. The lowest BCUT2D eigenvalue weighted by Gasteiger charge is -2.32. The van der Waals surface area contributed by atoms with Gasteiger partial charge in [-0.15, -0.1) is 0 Å². The molecule has 8 nitrogen and oxygen atoms in total. The molecule has 2 N–H and O–H groups in total. The number of imidazole rings is 1. The SMILES string of the molecule is COCC(=O)Nc1cc(C(=O)N[C@@H]2CCCC[C@H]2c2ccccc2)cc2nc(-c3cccnc3)n(C)c12. The summed E-state index contributed by atoms with van der Waals surface area (Å²) in [5.74, 6) is 0.488. The number of aromatic nitrogens is 3. The molecule has 0 bridgehead atoms. The first kappa shape index (κ1) is 24.6. The quantitative estimate of drug-likeness (QED) is 0.387. The van der Waals surface area contributed by atoms with Gasteiger partial charge in [-0.05, 0) is 42.7 Å². The average Bonchev–Trinajstić information content (AvgIpc) is 3.26. The van der Waals surface area contributed by atoms with Crippen molar-refractivity contribution in [3.05, 3.63) is 78.1 Å². The van der Waals surface area contributed by atoms with Crippen molar-refractivity contribution < 1.29 is 14.3 Å². The number of fused-ring (bicyclic) bond motifs is 1. The Balaban J connectivity index is 1.51. The zero-order valence-corrected chi connectivity index (χ0v) is 21.1. The van der Waals surface area contributed by atoms with Gasteiger partial charge >= 0.3 is 0 Å². The van der Waals surface area contributed by atoms with Gasteiger partial charge in [-0.25, -0.2) is 4.98 Å². The molecule has 37 heavy (non-hydrogen) atoms. The Morgan fingerprint density at radius 3 is 2.65 bits per heavy atom. The number of benzene rings is 2. The Kier molecular flexibility index (Phi) is 7.28. The van der Waals surface area contributed by atoms with Crippen LogP contribution in [0.3, 0.4) is 0 Å². The van der Waals surface area contributed by atoms with Crippen LogP contribution in [0.4, 0.5) is 5.69 Å². The Morgan fingerprint density at radius 2 is 1.89 bits per heavy atom. The maximum Gasteiger partial charge on any atom is 0.251 e. The Bertz CT molecular complexity index is 1400. The summed E-state index contributed by atoms with van der Waals surface area (Å²) >= 11 is 0. The maximum atomic E-state index is 13.6. The standard InChI is InChI=1S/C29H31N5O3/c1-34-27-24(31-26(35)18-37-2)15-21(16-25(27)32-28(34)20-11-8-14-30-17-20)29(36)33-23-13-7-6-12-22(23)19-9-4-3-5-10-19/h3-5,8-11,14-17,22-23H,6-7,12-13,18H2,1-2H3,(H,31,35)(H,33,36)/t22-,23+/m0/s1. The minimum Gasteiger partial charge on any atom is -0.375 e. The highest BCUT2D eigenvalue weighted by molar-refractivity contribution is 6.06. The van der Waals surface area contributed by atoms with Crippen LogP contribution in [0.15, 0.2) is 67.0 Å². The largest absolute Gasteiger partial charge is 0.375 e. The zero-order chi connectivity index (χ0) is 25.8. The van der Waals surface area contributed by atoms with E-state index in [1.54, 1.807) is 24.5 Å². The summed E-state index contributed by atoms with van der Waals surface area (Å²) in [4.78, 5) is 35.0. The molecule has 0 radical (unpaired) electrons. The minimum absolute atomic E-state index is 0.0422. The molecule has 4 aromatic rings. The summed E-state index contributed by atoms with van der Waals surface area (Å²) < 4.78 is 6.91. The number of amides is 2. The van der Waals surface area contributed by atoms with Crippen LogP contribution in [0.1, 0.15) is 47.5 Å². The maximum absolute atomic E-state index is 13.6. The van der Waals surface area contributed by atoms with Crippen LogP contribution >= 0.6 is 0 Å². The number of hydrogen-bond acceptors (Lipinski definition) is 5. The van der Waals surface area contributed by atoms with Gasteiger partial charge < -0.3 is 19.9 Å². The highest BCUT2D eigenvalue weighted by atomic mass is 16.5. The van der Waals surface area contributed by atoms with Crippen molar-refractivity contribution in [3.8, 4) is 11.4 Å². The van der Waals surface area contributed by atoms with Gasteiger partial charge in [0.05, 0.1) is 16.7 Å². The van der Waals surface area contributed by atoms with Gasteiger partial charge in [-0.3, -0.25) is 14.6 Å². The van der Waals surface area contributed by atoms with Crippen molar-refractivity contribution in [1.82, 2.24) is 19.9 Å². The summed E-state index contributed by atoms with van der Waals surface area (Å²) in [5.41, 5.74) is 4.40. The molecule has 2 heterocycles. The van der Waals surface area contributed by atoms with Crippen LogP contribution in [0.5, 0.6) is 0 Å². The molecule has 190 valence electrons. The third kappa shape index (κ3) is 5.24. The molecule has 2 amide bonds. The van der Waals surface area contributed by atoms with E-state index in [1.807, 2.05) is 41.9 Å². The van der Waals surface area contributed by atoms with E-state index in [0.717, 1.165) is 36.8 Å². The van der Waals surface area contributed by atoms with Crippen LogP contribution in [0.25, 0.3) is 22.4 Å². The summed E-state index contributed by atoms with van der Waals surface area (Å²) in [7, 11) is 3.35. The predicted octanol–water partition coefficient (Wildman–Crippen LogP) is 4.68. The molecule has 0 spiro atoms. The summed E-state index contributed by atoms with van der Waals surface area (Å²) in [5, 5.41) is 6.19. The number of carbonyl (C=O) groups is 2. The number of aryl methyl sites for hydroxylation is 1. The van der Waals surface area contributed by atoms with Crippen LogP contribution in [-0.2, 0) is 16.6 Å². The average molecular weight is 498 g/mol. The highest BCUT2D eigenvalue weighted by Gasteiger charge is 2.28. The van der Waals surface area contributed by atoms with Crippen LogP contribution in [-0.4, -0.2) is 46.1 Å². The summed E-state index contributed by atoms with van der Waals surface area (Å²) in [6, 6.07) is 17.7. The van der Waals surface area contributed by atoms with Gasteiger partial charge in [0.2, 0.25) is 5.91 Å². The van der Waals surface area contributed by atoms with Crippen LogP contribution in [0.2, 0.25) is 0 Å². The lowest BCUT2D eigenvalue weighted by molar-refractivity contribution is -0.119. The lowest BCUT2D eigenvalue weighted by atomic mass is 9.80. The Labute approximate surface area is 216 Å². The van der Waals surface area contributed by atoms with Crippen molar-refractivity contribution in [2.75, 3.05) is 19.0 Å². The second kappa shape index (κ2) is 10.9. The van der Waals surface area contributed by atoms with E-state index in [1.165, 1.54) is 12.7 Å². The van der Waals surface area contributed by atoms with E-state index in [2.05, 4.69) is 27.8 Å². The topological polar surface area (TPSA) is 98.1 Å². The smallest absolute Gasteiger partial charge is 0.251 e. The van der Waals surface area contributed by atoms with Gasteiger partial charge in [0.1, 0.15) is 12.4 Å². The van der Waals surface area contributed by atoms with Crippen molar-refractivity contribution >= 4 is 28.5 Å². The molecule has 0 unspecified atom stereocenters. The molecule has 5 rings (SSSR count). The summed E-state index contributed by atoms with van der Waals surface area (Å²) in [6.07, 6.45) is 7.66. The first-order chi connectivity index (χ1) is 18.0. The van der Waals surface area contributed by atoms with Crippen molar-refractivity contribution in [3.63, 3.8) is 0 Å². The zero-order valence-electron chi connectivity index (χ0n) is 21.1. The molecule has 1 aliphatic carbocycles. The van der Waals surface area contributed by atoms with E-state index < -0.39 is 0 Å².